The Balaban J connectivity index is 1.39. The minimum absolute atomic E-state index is 0.115. The van der Waals surface area contributed by atoms with E-state index in [1.165, 1.54) is 23.5 Å². The minimum Gasteiger partial charge on any atom is -0.322 e. The van der Waals surface area contributed by atoms with Crippen LogP contribution in [0.2, 0.25) is 0 Å². The highest BCUT2D eigenvalue weighted by Crippen LogP contribution is 2.43. The van der Waals surface area contributed by atoms with E-state index in [2.05, 4.69) is 17.4 Å². The third-order valence-electron chi connectivity index (χ3n) is 4.78. The summed E-state index contributed by atoms with van der Waals surface area (Å²) in [7, 11) is 0. The lowest BCUT2D eigenvalue weighted by Gasteiger charge is -2.21. The third kappa shape index (κ3) is 4.33. The summed E-state index contributed by atoms with van der Waals surface area (Å²) < 4.78 is 0.483. The van der Waals surface area contributed by atoms with Crippen LogP contribution in [0.3, 0.4) is 0 Å². The van der Waals surface area contributed by atoms with E-state index in [0.29, 0.717) is 16.6 Å². The van der Waals surface area contributed by atoms with Crippen LogP contribution in [0.5, 0.6) is 0 Å². The van der Waals surface area contributed by atoms with E-state index in [9.17, 15) is 9.59 Å². The van der Waals surface area contributed by atoms with E-state index in [0.717, 1.165) is 24.3 Å². The fourth-order valence-electron chi connectivity index (χ4n) is 3.32. The summed E-state index contributed by atoms with van der Waals surface area (Å²) in [4.78, 5) is 26.1. The van der Waals surface area contributed by atoms with Crippen LogP contribution in [0, 0.1) is 0 Å². The molecule has 2 aliphatic heterocycles. The summed E-state index contributed by atoms with van der Waals surface area (Å²) in [6.07, 6.45) is 2.80. The van der Waals surface area contributed by atoms with Crippen LogP contribution in [-0.2, 0) is 4.79 Å². The van der Waals surface area contributed by atoms with Crippen molar-refractivity contribution in [2.45, 2.75) is 23.8 Å². The highest BCUT2D eigenvalue weighted by molar-refractivity contribution is 8.16. The first-order chi connectivity index (χ1) is 13.2. The van der Waals surface area contributed by atoms with E-state index in [1.807, 2.05) is 59.9 Å². The molecule has 4 rings (SSSR count). The third-order valence-corrected chi connectivity index (χ3v) is 7.80. The second kappa shape index (κ2) is 8.40. The molecular weight excluding hydrogens is 376 g/mol. The van der Waals surface area contributed by atoms with Crippen LogP contribution in [-0.4, -0.2) is 29.9 Å². The lowest BCUT2D eigenvalue weighted by molar-refractivity contribution is -0.117. The Hall–Kier alpha value is -1.92. The molecule has 2 heterocycles. The van der Waals surface area contributed by atoms with Crippen molar-refractivity contribution in [3.8, 4) is 0 Å². The van der Waals surface area contributed by atoms with E-state index in [4.69, 9.17) is 0 Å². The Bertz CT molecular complexity index is 815. The van der Waals surface area contributed by atoms with Crippen LogP contribution >= 0.6 is 23.5 Å². The lowest BCUT2D eigenvalue weighted by Crippen LogP contribution is -2.23. The smallest absolute Gasteiger partial charge is 0.255 e. The van der Waals surface area contributed by atoms with Crippen molar-refractivity contribution < 1.29 is 9.59 Å². The van der Waals surface area contributed by atoms with E-state index >= 15 is 0 Å². The summed E-state index contributed by atoms with van der Waals surface area (Å²) in [6.45, 7) is 0.772. The molecule has 0 spiro atoms. The van der Waals surface area contributed by atoms with Gasteiger partial charge in [-0.3, -0.25) is 9.59 Å². The van der Waals surface area contributed by atoms with Crippen LogP contribution in [0.4, 0.5) is 11.4 Å². The summed E-state index contributed by atoms with van der Waals surface area (Å²) in [5, 5.41) is 2.93. The molecule has 0 radical (unpaired) electrons. The Morgan fingerprint density at radius 1 is 0.963 bits per heavy atom. The second-order valence-corrected chi connectivity index (χ2v) is 9.42. The highest BCUT2D eigenvalue weighted by Gasteiger charge is 2.21. The van der Waals surface area contributed by atoms with E-state index < -0.39 is 0 Å². The molecule has 2 aromatic carbocycles. The number of hydrogen-bond donors (Lipinski definition) is 1. The van der Waals surface area contributed by atoms with Gasteiger partial charge < -0.3 is 10.2 Å². The summed E-state index contributed by atoms with van der Waals surface area (Å²) >= 11 is 3.96. The van der Waals surface area contributed by atoms with Crippen molar-refractivity contribution in [1.82, 2.24) is 0 Å². The zero-order valence-corrected chi connectivity index (χ0v) is 16.7. The molecule has 4 nitrogen and oxygen atoms in total. The number of hydrogen-bond acceptors (Lipinski definition) is 4. The van der Waals surface area contributed by atoms with Crippen molar-refractivity contribution in [3.05, 3.63) is 59.7 Å². The maximum atomic E-state index is 12.5. The number of carbonyl (C=O) groups excluding carboxylic acids is 2. The molecule has 2 fully saturated rings. The van der Waals surface area contributed by atoms with Gasteiger partial charge in [-0.2, -0.15) is 0 Å². The van der Waals surface area contributed by atoms with Gasteiger partial charge in [-0.1, -0.05) is 12.1 Å². The molecule has 0 aliphatic carbocycles. The fraction of sp³-hybridized carbons (Fsp3) is 0.333. The average molecular weight is 399 g/mol. The van der Waals surface area contributed by atoms with Gasteiger partial charge in [0, 0.05) is 29.9 Å². The standard InChI is InChI=1S/C21H22N2O2S2/c24-19-3-1-12-23(19)18-10-8-17(9-11-18)22-20(25)15-4-6-16(7-5-15)21-26-13-2-14-27-21/h4-11,21H,1-3,12-14H2,(H,22,25). The van der Waals surface area contributed by atoms with Crippen molar-refractivity contribution >= 4 is 46.7 Å². The normalized spacial score (nSPS) is 17.9. The molecule has 0 saturated carbocycles. The number of thioether (sulfide) groups is 2. The predicted molar refractivity (Wildman–Crippen MR) is 115 cm³/mol. The lowest BCUT2D eigenvalue weighted by atomic mass is 10.1. The van der Waals surface area contributed by atoms with Crippen LogP contribution in [0.15, 0.2) is 48.5 Å². The average Bonchev–Trinajstić information content (AvgIpc) is 3.15. The zero-order valence-electron chi connectivity index (χ0n) is 15.0. The van der Waals surface area contributed by atoms with Crippen LogP contribution < -0.4 is 10.2 Å². The van der Waals surface area contributed by atoms with Gasteiger partial charge in [0.05, 0.1) is 4.58 Å². The molecule has 2 aromatic rings. The largest absolute Gasteiger partial charge is 0.322 e. The predicted octanol–water partition coefficient (Wildman–Crippen LogP) is 4.93. The number of rotatable bonds is 4. The Morgan fingerprint density at radius 2 is 1.67 bits per heavy atom. The maximum absolute atomic E-state index is 12.5. The first-order valence-electron chi connectivity index (χ1n) is 9.26. The molecule has 0 unspecified atom stereocenters. The molecule has 27 heavy (non-hydrogen) atoms. The Morgan fingerprint density at radius 3 is 2.30 bits per heavy atom. The van der Waals surface area contributed by atoms with Gasteiger partial charge in [0.25, 0.3) is 5.91 Å². The molecule has 6 heteroatoms. The van der Waals surface area contributed by atoms with E-state index in [1.54, 1.807) is 4.90 Å². The molecule has 1 N–H and O–H groups in total. The molecule has 0 bridgehead atoms. The first kappa shape index (κ1) is 18.4. The molecule has 2 aliphatic rings. The number of nitrogens with zero attached hydrogens (tertiary/aromatic N) is 1. The van der Waals surface area contributed by atoms with Gasteiger partial charge in [-0.25, -0.2) is 0 Å². The number of benzene rings is 2. The van der Waals surface area contributed by atoms with Gasteiger partial charge in [0.2, 0.25) is 5.91 Å². The molecule has 0 aromatic heterocycles. The van der Waals surface area contributed by atoms with Gasteiger partial charge in [-0.05, 0) is 66.3 Å². The van der Waals surface area contributed by atoms with Crippen LogP contribution in [0.25, 0.3) is 0 Å². The van der Waals surface area contributed by atoms with Gasteiger partial charge in [0.15, 0.2) is 0 Å². The number of nitrogens with one attached hydrogen (secondary N) is 1. The minimum atomic E-state index is -0.115. The van der Waals surface area contributed by atoms with Crippen molar-refractivity contribution in [3.63, 3.8) is 0 Å². The van der Waals surface area contributed by atoms with E-state index in [-0.39, 0.29) is 11.8 Å². The first-order valence-corrected chi connectivity index (χ1v) is 11.4. The molecule has 2 amide bonds. The van der Waals surface area contributed by atoms with Crippen molar-refractivity contribution in [2.24, 2.45) is 0 Å². The number of anilines is 2. The topological polar surface area (TPSA) is 49.4 Å². The van der Waals surface area contributed by atoms with Crippen molar-refractivity contribution in [2.75, 3.05) is 28.3 Å². The summed E-state index contributed by atoms with van der Waals surface area (Å²) in [5.41, 5.74) is 3.56. The van der Waals surface area contributed by atoms with Gasteiger partial charge in [0.1, 0.15) is 0 Å². The summed E-state index contributed by atoms with van der Waals surface area (Å²) in [5.74, 6) is 2.47. The summed E-state index contributed by atoms with van der Waals surface area (Å²) in [6, 6.07) is 15.4. The van der Waals surface area contributed by atoms with Gasteiger partial charge in [-0.15, -0.1) is 23.5 Å². The van der Waals surface area contributed by atoms with Crippen molar-refractivity contribution in [1.29, 1.82) is 0 Å². The molecule has 140 valence electrons. The van der Waals surface area contributed by atoms with Crippen LogP contribution in [0.1, 0.15) is 39.8 Å². The SMILES string of the molecule is O=C(Nc1ccc(N2CCCC2=O)cc1)c1ccc(C2SCCCS2)cc1. The van der Waals surface area contributed by atoms with Gasteiger partial charge >= 0.3 is 0 Å². The highest BCUT2D eigenvalue weighted by atomic mass is 32.2. The quantitative estimate of drug-likeness (QED) is 0.793. The zero-order chi connectivity index (χ0) is 18.6. The molecule has 2 saturated heterocycles. The second-order valence-electron chi connectivity index (χ2n) is 6.70. The Labute approximate surface area is 168 Å². The fourth-order valence-corrected chi connectivity index (χ4v) is 6.22. The monoisotopic (exact) mass is 398 g/mol. The molecular formula is C21H22N2O2S2. The maximum Gasteiger partial charge on any atom is 0.255 e. The number of carbonyl (C=O) groups is 2. The Kier molecular flexibility index (Phi) is 5.74. The molecule has 0 atom stereocenters. The number of amides is 2.